The lowest BCUT2D eigenvalue weighted by Gasteiger charge is -2.32. The van der Waals surface area contributed by atoms with Gasteiger partial charge in [0.15, 0.2) is 6.10 Å². The van der Waals surface area contributed by atoms with Crippen molar-refractivity contribution >= 4 is 12.1 Å². The average molecular weight is 486 g/mol. The van der Waals surface area contributed by atoms with Crippen LogP contribution in [0, 0.1) is 11.8 Å². The van der Waals surface area contributed by atoms with Crippen LogP contribution < -0.4 is 0 Å². The Bertz CT molecular complexity index is 826. The molecule has 2 atom stereocenters. The van der Waals surface area contributed by atoms with Gasteiger partial charge in [-0.1, -0.05) is 101 Å². The first kappa shape index (κ1) is 28.7. The van der Waals surface area contributed by atoms with E-state index in [0.717, 1.165) is 12.8 Å². The molecule has 1 aromatic carbocycles. The summed E-state index contributed by atoms with van der Waals surface area (Å²) in [6.07, 6.45) is 12.6. The average Bonchev–Trinajstić information content (AvgIpc) is 3.16. The third-order valence-electron chi connectivity index (χ3n) is 6.47. The molecule has 0 unspecified atom stereocenters. The van der Waals surface area contributed by atoms with Crippen LogP contribution in [0.2, 0.25) is 0 Å². The minimum Gasteiger partial charge on any atom is -0.465 e. The standard InChI is InChI=1S/C29H43NO5/c1-4-5-6-7-8-9-10-11-12-13-14-15-19-22-26(35-27(31)24-20-17-16-18-21-24)25-23-34-29(2,3)30(25)28(32)33/h16-18,20-21,25-26H,4-15,23H2,1-3H3,(H,32,33)/t25-,26+/m1/s1. The van der Waals surface area contributed by atoms with E-state index in [4.69, 9.17) is 9.47 Å². The van der Waals surface area contributed by atoms with E-state index in [9.17, 15) is 14.7 Å². The van der Waals surface area contributed by atoms with Gasteiger partial charge in [-0.05, 0) is 32.4 Å². The Morgan fingerprint density at radius 1 is 1.03 bits per heavy atom. The van der Waals surface area contributed by atoms with Crippen LogP contribution in [0.1, 0.15) is 108 Å². The lowest BCUT2D eigenvalue weighted by atomic mass is 10.1. The Kier molecular flexibility index (Phi) is 12.7. The summed E-state index contributed by atoms with van der Waals surface area (Å²) in [6, 6.07) is 8.00. The first-order valence-electron chi connectivity index (χ1n) is 13.3. The molecule has 1 aliphatic heterocycles. The number of hydrogen-bond acceptors (Lipinski definition) is 4. The number of ether oxygens (including phenoxy) is 2. The zero-order valence-corrected chi connectivity index (χ0v) is 21.8. The van der Waals surface area contributed by atoms with Crippen molar-refractivity contribution in [3.8, 4) is 11.8 Å². The SMILES string of the molecule is CCCCCCCCCCCCCC#C[C@H](OC(=O)c1ccccc1)[C@H]1COC(C)(C)N1C(=O)O. The van der Waals surface area contributed by atoms with Gasteiger partial charge in [-0.3, -0.25) is 4.90 Å². The Morgan fingerprint density at radius 3 is 2.17 bits per heavy atom. The molecule has 1 saturated heterocycles. The molecule has 35 heavy (non-hydrogen) atoms. The van der Waals surface area contributed by atoms with Crippen LogP contribution in [0.15, 0.2) is 30.3 Å². The molecule has 0 aromatic heterocycles. The van der Waals surface area contributed by atoms with Gasteiger partial charge in [0.1, 0.15) is 11.8 Å². The molecule has 6 heteroatoms. The fourth-order valence-corrected chi connectivity index (χ4v) is 4.44. The molecule has 1 amide bonds. The topological polar surface area (TPSA) is 76.1 Å². The molecular formula is C29H43NO5. The van der Waals surface area contributed by atoms with E-state index in [1.54, 1.807) is 38.1 Å². The molecule has 0 aliphatic carbocycles. The van der Waals surface area contributed by atoms with Gasteiger partial charge < -0.3 is 14.6 Å². The molecule has 194 valence electrons. The van der Waals surface area contributed by atoms with E-state index in [1.807, 2.05) is 6.07 Å². The highest BCUT2D eigenvalue weighted by Crippen LogP contribution is 2.30. The van der Waals surface area contributed by atoms with Crippen LogP contribution in [0.5, 0.6) is 0 Å². The van der Waals surface area contributed by atoms with Crippen LogP contribution in [0.25, 0.3) is 0 Å². The number of carbonyl (C=O) groups is 2. The van der Waals surface area contributed by atoms with E-state index in [-0.39, 0.29) is 6.61 Å². The number of carboxylic acid groups (broad SMARTS) is 1. The molecule has 6 nitrogen and oxygen atoms in total. The van der Waals surface area contributed by atoms with Crippen molar-refractivity contribution in [1.29, 1.82) is 0 Å². The van der Waals surface area contributed by atoms with Gasteiger partial charge in [0, 0.05) is 6.42 Å². The molecule has 0 bridgehead atoms. The van der Waals surface area contributed by atoms with Crippen molar-refractivity contribution in [3.05, 3.63) is 35.9 Å². The summed E-state index contributed by atoms with van der Waals surface area (Å²) in [7, 11) is 0. The van der Waals surface area contributed by atoms with E-state index < -0.39 is 29.9 Å². The smallest absolute Gasteiger partial charge is 0.410 e. The summed E-state index contributed by atoms with van der Waals surface area (Å²) in [4.78, 5) is 25.8. The Morgan fingerprint density at radius 2 is 1.60 bits per heavy atom. The lowest BCUT2D eigenvalue weighted by Crippen LogP contribution is -2.52. The number of carbonyl (C=O) groups excluding carboxylic acids is 1. The zero-order chi connectivity index (χ0) is 25.5. The maximum Gasteiger partial charge on any atom is 0.410 e. The number of unbranched alkanes of at least 4 members (excludes halogenated alkanes) is 11. The number of benzene rings is 1. The van der Waals surface area contributed by atoms with Crippen LogP contribution in [-0.2, 0) is 9.47 Å². The monoisotopic (exact) mass is 485 g/mol. The van der Waals surface area contributed by atoms with Gasteiger partial charge in [0.25, 0.3) is 0 Å². The summed E-state index contributed by atoms with van der Waals surface area (Å²) in [6.45, 7) is 5.75. The van der Waals surface area contributed by atoms with Crippen LogP contribution in [0.4, 0.5) is 4.79 Å². The second kappa shape index (κ2) is 15.5. The quantitative estimate of drug-likeness (QED) is 0.174. The highest BCUT2D eigenvalue weighted by atomic mass is 16.6. The van der Waals surface area contributed by atoms with Crippen molar-refractivity contribution in [1.82, 2.24) is 4.90 Å². The molecule has 1 aromatic rings. The Balaban J connectivity index is 1.85. The molecule has 2 rings (SSSR count). The predicted octanol–water partition coefficient (Wildman–Crippen LogP) is 7.03. The van der Waals surface area contributed by atoms with E-state index in [2.05, 4.69) is 18.8 Å². The van der Waals surface area contributed by atoms with Gasteiger partial charge in [-0.2, -0.15) is 0 Å². The van der Waals surface area contributed by atoms with E-state index in [0.29, 0.717) is 12.0 Å². The van der Waals surface area contributed by atoms with Gasteiger partial charge >= 0.3 is 12.1 Å². The third-order valence-corrected chi connectivity index (χ3v) is 6.47. The molecule has 0 spiro atoms. The Hall–Kier alpha value is -2.52. The first-order valence-corrected chi connectivity index (χ1v) is 13.3. The van der Waals surface area contributed by atoms with Crippen molar-refractivity contribution in [3.63, 3.8) is 0 Å². The number of amides is 1. The largest absolute Gasteiger partial charge is 0.465 e. The highest BCUT2D eigenvalue weighted by molar-refractivity contribution is 5.89. The molecule has 1 fully saturated rings. The summed E-state index contributed by atoms with van der Waals surface area (Å²) in [5.74, 6) is 5.66. The van der Waals surface area contributed by atoms with Gasteiger partial charge in [0.05, 0.1) is 12.2 Å². The molecule has 1 aliphatic rings. The number of rotatable bonds is 14. The molecule has 1 N–H and O–H groups in total. The molecule has 0 radical (unpaired) electrons. The number of nitrogens with zero attached hydrogens (tertiary/aromatic N) is 1. The Labute approximate surface area is 211 Å². The maximum atomic E-state index is 12.7. The predicted molar refractivity (Wildman–Crippen MR) is 138 cm³/mol. The van der Waals surface area contributed by atoms with E-state index in [1.165, 1.54) is 62.7 Å². The minimum absolute atomic E-state index is 0.124. The van der Waals surface area contributed by atoms with Gasteiger partial charge in [-0.15, -0.1) is 0 Å². The van der Waals surface area contributed by atoms with Crippen molar-refractivity contribution in [2.24, 2.45) is 0 Å². The van der Waals surface area contributed by atoms with Crippen molar-refractivity contribution in [2.45, 2.75) is 116 Å². The second-order valence-corrected chi connectivity index (χ2v) is 9.78. The number of esters is 1. The van der Waals surface area contributed by atoms with Crippen molar-refractivity contribution in [2.75, 3.05) is 6.61 Å². The third kappa shape index (κ3) is 9.93. The summed E-state index contributed by atoms with van der Waals surface area (Å²) < 4.78 is 11.4. The second-order valence-electron chi connectivity index (χ2n) is 9.78. The fourth-order valence-electron chi connectivity index (χ4n) is 4.44. The van der Waals surface area contributed by atoms with Gasteiger partial charge in [0.2, 0.25) is 0 Å². The molecule has 0 saturated carbocycles. The van der Waals surface area contributed by atoms with Crippen LogP contribution >= 0.6 is 0 Å². The van der Waals surface area contributed by atoms with Crippen molar-refractivity contribution < 1.29 is 24.2 Å². The summed E-state index contributed by atoms with van der Waals surface area (Å²) >= 11 is 0. The lowest BCUT2D eigenvalue weighted by molar-refractivity contribution is -0.0459. The van der Waals surface area contributed by atoms with Crippen LogP contribution in [0.3, 0.4) is 0 Å². The molecular weight excluding hydrogens is 442 g/mol. The highest BCUT2D eigenvalue weighted by Gasteiger charge is 2.48. The normalized spacial score (nSPS) is 17.5. The fraction of sp³-hybridized carbons (Fsp3) is 0.655. The molecule has 1 heterocycles. The summed E-state index contributed by atoms with van der Waals surface area (Å²) in [5.41, 5.74) is -0.601. The van der Waals surface area contributed by atoms with E-state index >= 15 is 0 Å². The minimum atomic E-state index is -1.12. The first-order chi connectivity index (χ1) is 16.9. The maximum absolute atomic E-state index is 12.7. The van der Waals surface area contributed by atoms with Gasteiger partial charge in [-0.25, -0.2) is 9.59 Å². The summed E-state index contributed by atoms with van der Waals surface area (Å²) in [5, 5.41) is 9.76. The number of hydrogen-bond donors (Lipinski definition) is 1. The van der Waals surface area contributed by atoms with Crippen LogP contribution in [-0.4, -0.2) is 46.5 Å². The zero-order valence-electron chi connectivity index (χ0n) is 21.8.